The Hall–Kier alpha value is -0.970. The largest absolute Gasteiger partial charge is 0.375 e. The molecule has 1 atom stereocenters. The molecule has 6 heteroatoms. The molecular formula is C18H31Cl2N3O. The van der Waals surface area contributed by atoms with E-state index in [9.17, 15) is 4.79 Å². The molecule has 2 N–H and O–H groups in total. The summed E-state index contributed by atoms with van der Waals surface area (Å²) in [5.74, 6) is 0.743. The Morgan fingerprint density at radius 1 is 1.29 bits per heavy atom. The molecule has 1 saturated heterocycles. The number of piperidine rings is 1. The molecule has 1 heterocycles. The summed E-state index contributed by atoms with van der Waals surface area (Å²) >= 11 is 0. The zero-order chi connectivity index (χ0) is 15.8. The van der Waals surface area contributed by atoms with Crippen molar-refractivity contribution in [3.8, 4) is 0 Å². The van der Waals surface area contributed by atoms with E-state index in [0.717, 1.165) is 50.3 Å². The molecule has 0 aliphatic carbocycles. The van der Waals surface area contributed by atoms with Crippen molar-refractivity contribution in [2.24, 2.45) is 5.92 Å². The molecular weight excluding hydrogens is 345 g/mol. The summed E-state index contributed by atoms with van der Waals surface area (Å²) in [5.41, 5.74) is 1.90. The Morgan fingerprint density at radius 3 is 2.58 bits per heavy atom. The maximum absolute atomic E-state index is 12.2. The zero-order valence-electron chi connectivity index (χ0n) is 14.7. The summed E-state index contributed by atoms with van der Waals surface area (Å²) in [6.07, 6.45) is 4.72. The van der Waals surface area contributed by atoms with Crippen molar-refractivity contribution < 1.29 is 4.79 Å². The Labute approximate surface area is 158 Å². The lowest BCUT2D eigenvalue weighted by molar-refractivity contribution is 0.0950. The van der Waals surface area contributed by atoms with Crippen molar-refractivity contribution in [2.45, 2.75) is 32.6 Å². The lowest BCUT2D eigenvalue weighted by Gasteiger charge is -2.22. The summed E-state index contributed by atoms with van der Waals surface area (Å²) in [4.78, 5) is 14.4. The number of hydrogen-bond donors (Lipinski definition) is 2. The highest BCUT2D eigenvalue weighted by atomic mass is 35.5. The van der Waals surface area contributed by atoms with Crippen molar-refractivity contribution in [1.82, 2.24) is 10.6 Å². The number of amides is 1. The van der Waals surface area contributed by atoms with E-state index in [4.69, 9.17) is 0 Å². The molecule has 1 amide bonds. The van der Waals surface area contributed by atoms with Gasteiger partial charge in [0, 0.05) is 31.4 Å². The lowest BCUT2D eigenvalue weighted by Crippen LogP contribution is -2.33. The van der Waals surface area contributed by atoms with Crippen molar-refractivity contribution in [1.29, 1.82) is 0 Å². The Morgan fingerprint density at radius 2 is 2.00 bits per heavy atom. The smallest absolute Gasteiger partial charge is 0.251 e. The molecule has 1 aliphatic heterocycles. The van der Waals surface area contributed by atoms with Gasteiger partial charge in [0.1, 0.15) is 0 Å². The fourth-order valence-corrected chi connectivity index (χ4v) is 2.99. The van der Waals surface area contributed by atoms with Crippen LogP contribution in [-0.2, 0) is 0 Å². The van der Waals surface area contributed by atoms with Gasteiger partial charge in [0.25, 0.3) is 5.91 Å². The van der Waals surface area contributed by atoms with Crippen LogP contribution in [0.25, 0.3) is 0 Å². The van der Waals surface area contributed by atoms with E-state index in [2.05, 4.69) is 29.5 Å². The molecule has 0 bridgehead atoms. The first-order valence-corrected chi connectivity index (χ1v) is 8.51. The summed E-state index contributed by atoms with van der Waals surface area (Å²) in [7, 11) is 2.08. The number of carbonyl (C=O) groups excluding carboxylic acids is 1. The molecule has 24 heavy (non-hydrogen) atoms. The minimum atomic E-state index is 0. The molecule has 1 aromatic carbocycles. The van der Waals surface area contributed by atoms with Gasteiger partial charge in [-0.05, 0) is 69.0 Å². The standard InChI is InChI=1S/C18H29N3O.2ClH/c1-3-13-21(2)17-8-6-16(7-9-17)18(22)20-12-10-15-5-4-11-19-14-15;;/h6-9,15,19H,3-5,10-14H2,1-2H3,(H,20,22);2*1H. The third-order valence-corrected chi connectivity index (χ3v) is 4.37. The SMILES string of the molecule is CCCN(C)c1ccc(C(=O)NCCC2CCCNC2)cc1.Cl.Cl. The predicted molar refractivity (Wildman–Crippen MR) is 107 cm³/mol. The first-order chi connectivity index (χ1) is 10.7. The number of halogens is 2. The van der Waals surface area contributed by atoms with Crippen molar-refractivity contribution in [3.63, 3.8) is 0 Å². The van der Waals surface area contributed by atoms with Gasteiger partial charge in [-0.2, -0.15) is 0 Å². The van der Waals surface area contributed by atoms with Crippen LogP contribution in [0.15, 0.2) is 24.3 Å². The summed E-state index contributed by atoms with van der Waals surface area (Å²) < 4.78 is 0. The highest BCUT2D eigenvalue weighted by Gasteiger charge is 2.13. The van der Waals surface area contributed by atoms with Gasteiger partial charge < -0.3 is 15.5 Å². The maximum Gasteiger partial charge on any atom is 0.251 e. The van der Waals surface area contributed by atoms with Crippen LogP contribution >= 0.6 is 24.8 Å². The number of benzene rings is 1. The molecule has 1 aliphatic rings. The minimum Gasteiger partial charge on any atom is -0.375 e. The van der Waals surface area contributed by atoms with Crippen molar-refractivity contribution in [3.05, 3.63) is 29.8 Å². The van der Waals surface area contributed by atoms with E-state index < -0.39 is 0 Å². The molecule has 1 fully saturated rings. The van der Waals surface area contributed by atoms with Crippen molar-refractivity contribution >= 4 is 36.4 Å². The van der Waals surface area contributed by atoms with Crippen LogP contribution in [0.2, 0.25) is 0 Å². The molecule has 1 aromatic rings. The number of anilines is 1. The second-order valence-electron chi connectivity index (χ2n) is 6.23. The van der Waals surface area contributed by atoms with Gasteiger partial charge in [0.15, 0.2) is 0 Å². The Bertz CT molecular complexity index is 462. The monoisotopic (exact) mass is 375 g/mol. The first-order valence-electron chi connectivity index (χ1n) is 8.51. The zero-order valence-corrected chi connectivity index (χ0v) is 16.3. The van der Waals surface area contributed by atoms with Crippen molar-refractivity contribution in [2.75, 3.05) is 38.1 Å². The van der Waals surface area contributed by atoms with Gasteiger partial charge in [-0.25, -0.2) is 0 Å². The quantitative estimate of drug-likeness (QED) is 0.766. The average Bonchev–Trinajstić information content (AvgIpc) is 2.56. The number of carbonyl (C=O) groups is 1. The maximum atomic E-state index is 12.2. The van der Waals surface area contributed by atoms with Crippen LogP contribution in [0.1, 0.15) is 43.0 Å². The highest BCUT2D eigenvalue weighted by molar-refractivity contribution is 5.94. The third-order valence-electron chi connectivity index (χ3n) is 4.37. The predicted octanol–water partition coefficient (Wildman–Crippen LogP) is 3.50. The number of hydrogen-bond acceptors (Lipinski definition) is 3. The number of nitrogens with zero attached hydrogens (tertiary/aromatic N) is 1. The molecule has 1 unspecified atom stereocenters. The Kier molecular flexibility index (Phi) is 11.9. The molecule has 2 rings (SSSR count). The van der Waals surface area contributed by atoms with Crippen LogP contribution in [-0.4, -0.2) is 39.1 Å². The van der Waals surface area contributed by atoms with Gasteiger partial charge in [-0.3, -0.25) is 4.79 Å². The van der Waals surface area contributed by atoms with E-state index >= 15 is 0 Å². The molecule has 0 saturated carbocycles. The number of nitrogens with one attached hydrogen (secondary N) is 2. The number of rotatable bonds is 7. The van der Waals surface area contributed by atoms with Crippen LogP contribution < -0.4 is 15.5 Å². The minimum absolute atomic E-state index is 0. The highest BCUT2D eigenvalue weighted by Crippen LogP contribution is 2.15. The lowest BCUT2D eigenvalue weighted by atomic mass is 9.96. The summed E-state index contributed by atoms with van der Waals surface area (Å²) in [6.45, 7) is 6.19. The second kappa shape index (κ2) is 12.4. The van der Waals surface area contributed by atoms with E-state index in [1.54, 1.807) is 0 Å². The molecule has 0 aromatic heterocycles. The van der Waals surface area contributed by atoms with Gasteiger partial charge in [-0.1, -0.05) is 6.92 Å². The normalized spacial score (nSPS) is 16.5. The van der Waals surface area contributed by atoms with Gasteiger partial charge in [0.05, 0.1) is 0 Å². The molecule has 4 nitrogen and oxygen atoms in total. The molecule has 138 valence electrons. The summed E-state index contributed by atoms with van der Waals surface area (Å²) in [6, 6.07) is 7.88. The fourth-order valence-electron chi connectivity index (χ4n) is 2.99. The van der Waals surface area contributed by atoms with Gasteiger partial charge >= 0.3 is 0 Å². The van der Waals surface area contributed by atoms with Crippen LogP contribution in [0.5, 0.6) is 0 Å². The van der Waals surface area contributed by atoms with Crippen LogP contribution in [0.4, 0.5) is 5.69 Å². The third kappa shape index (κ3) is 7.29. The summed E-state index contributed by atoms with van der Waals surface area (Å²) in [5, 5.41) is 6.45. The fraction of sp³-hybridized carbons (Fsp3) is 0.611. The average molecular weight is 376 g/mol. The van der Waals surface area contributed by atoms with E-state index in [-0.39, 0.29) is 30.7 Å². The van der Waals surface area contributed by atoms with E-state index in [1.807, 2.05) is 24.3 Å². The second-order valence-corrected chi connectivity index (χ2v) is 6.23. The Balaban J connectivity index is 0.00000264. The first kappa shape index (κ1) is 23.0. The van der Waals surface area contributed by atoms with Gasteiger partial charge in [0.2, 0.25) is 0 Å². The molecule has 0 radical (unpaired) electrons. The van der Waals surface area contributed by atoms with Crippen LogP contribution in [0.3, 0.4) is 0 Å². The van der Waals surface area contributed by atoms with Gasteiger partial charge in [-0.15, -0.1) is 24.8 Å². The van der Waals surface area contributed by atoms with E-state index in [0.29, 0.717) is 5.92 Å². The molecule has 0 spiro atoms. The van der Waals surface area contributed by atoms with Crippen LogP contribution in [0, 0.1) is 5.92 Å². The topological polar surface area (TPSA) is 44.4 Å². The van der Waals surface area contributed by atoms with E-state index in [1.165, 1.54) is 12.8 Å².